The van der Waals surface area contributed by atoms with Crippen molar-refractivity contribution in [2.24, 2.45) is 11.1 Å². The lowest BCUT2D eigenvalue weighted by Gasteiger charge is -2.19. The second-order valence-corrected chi connectivity index (χ2v) is 5.63. The zero-order valence-corrected chi connectivity index (χ0v) is 11.1. The molecule has 2 N–H and O–H groups in total. The van der Waals surface area contributed by atoms with Crippen LogP contribution in [0.3, 0.4) is 0 Å². The quantitative estimate of drug-likeness (QED) is 0.870. The van der Waals surface area contributed by atoms with Crippen molar-refractivity contribution in [2.45, 2.75) is 40.2 Å². The van der Waals surface area contributed by atoms with Gasteiger partial charge in [-0.2, -0.15) is 0 Å². The highest BCUT2D eigenvalue weighted by molar-refractivity contribution is 5.36. The zero-order valence-electron chi connectivity index (χ0n) is 11.1. The highest BCUT2D eigenvalue weighted by Crippen LogP contribution is 2.26. The van der Waals surface area contributed by atoms with Crippen molar-refractivity contribution in [1.29, 1.82) is 0 Å². The number of benzene rings is 1. The van der Waals surface area contributed by atoms with Gasteiger partial charge in [-0.25, -0.2) is 4.39 Å². The van der Waals surface area contributed by atoms with E-state index in [0.29, 0.717) is 12.4 Å². The Morgan fingerprint density at radius 3 is 2.53 bits per heavy atom. The number of ether oxygens (including phenoxy) is 1. The predicted octanol–water partition coefficient (Wildman–Crippen LogP) is 3.66. The van der Waals surface area contributed by atoms with Crippen LogP contribution in [0, 0.1) is 11.2 Å². The monoisotopic (exact) mass is 239 g/mol. The summed E-state index contributed by atoms with van der Waals surface area (Å²) in [7, 11) is 0. The van der Waals surface area contributed by atoms with Gasteiger partial charge in [0.15, 0.2) is 0 Å². The lowest BCUT2D eigenvalue weighted by molar-refractivity contribution is 0.240. The third kappa shape index (κ3) is 4.73. The summed E-state index contributed by atoms with van der Waals surface area (Å²) in [6.07, 6.45) is 0.947. The topological polar surface area (TPSA) is 35.2 Å². The van der Waals surface area contributed by atoms with Crippen LogP contribution in [0.4, 0.5) is 4.39 Å². The predicted molar refractivity (Wildman–Crippen MR) is 68.6 cm³/mol. The molecule has 0 radical (unpaired) electrons. The molecular weight excluding hydrogens is 217 g/mol. The minimum atomic E-state index is -0.277. The van der Waals surface area contributed by atoms with E-state index in [4.69, 9.17) is 10.5 Å². The molecule has 1 atom stereocenters. The van der Waals surface area contributed by atoms with Crippen LogP contribution in [0.2, 0.25) is 0 Å². The van der Waals surface area contributed by atoms with Crippen LogP contribution in [0.5, 0.6) is 5.75 Å². The standard InChI is InChI=1S/C14H22FNO/c1-10(16)12-9-11(15)5-6-13(12)17-8-7-14(2,3)4/h5-6,9-10H,7-8,16H2,1-4H3/t10-/m0/s1. The van der Waals surface area contributed by atoms with E-state index in [0.717, 1.165) is 12.0 Å². The summed E-state index contributed by atoms with van der Waals surface area (Å²) in [6, 6.07) is 4.27. The maximum Gasteiger partial charge on any atom is 0.124 e. The second-order valence-electron chi connectivity index (χ2n) is 5.63. The molecule has 0 fully saturated rings. The van der Waals surface area contributed by atoms with Crippen LogP contribution in [0.1, 0.15) is 45.7 Å². The first-order valence-electron chi connectivity index (χ1n) is 5.97. The van der Waals surface area contributed by atoms with Crippen molar-refractivity contribution < 1.29 is 9.13 Å². The molecule has 0 bridgehead atoms. The van der Waals surface area contributed by atoms with Gasteiger partial charge in [0.2, 0.25) is 0 Å². The van der Waals surface area contributed by atoms with E-state index in [1.54, 1.807) is 6.07 Å². The van der Waals surface area contributed by atoms with Crippen LogP contribution in [0.15, 0.2) is 18.2 Å². The Kier molecular flexibility index (Phi) is 4.52. The van der Waals surface area contributed by atoms with E-state index in [-0.39, 0.29) is 17.3 Å². The molecule has 0 saturated heterocycles. The van der Waals surface area contributed by atoms with Crippen molar-refractivity contribution in [1.82, 2.24) is 0 Å². The van der Waals surface area contributed by atoms with Crippen molar-refractivity contribution in [3.05, 3.63) is 29.6 Å². The third-order valence-corrected chi connectivity index (χ3v) is 2.57. The summed E-state index contributed by atoms with van der Waals surface area (Å²) in [4.78, 5) is 0. The van der Waals surface area contributed by atoms with E-state index in [1.807, 2.05) is 6.92 Å². The Labute approximate surface area is 103 Å². The van der Waals surface area contributed by atoms with E-state index in [1.165, 1.54) is 12.1 Å². The lowest BCUT2D eigenvalue weighted by Crippen LogP contribution is -2.13. The molecule has 0 spiro atoms. The lowest BCUT2D eigenvalue weighted by atomic mass is 9.93. The van der Waals surface area contributed by atoms with E-state index < -0.39 is 0 Å². The van der Waals surface area contributed by atoms with Gasteiger partial charge in [0, 0.05) is 11.6 Å². The molecule has 3 heteroatoms. The number of hydrogen-bond donors (Lipinski definition) is 1. The van der Waals surface area contributed by atoms with Gasteiger partial charge in [-0.05, 0) is 37.0 Å². The molecule has 0 saturated carbocycles. The van der Waals surface area contributed by atoms with Crippen LogP contribution in [0.25, 0.3) is 0 Å². The Hall–Kier alpha value is -1.09. The normalized spacial score (nSPS) is 13.5. The summed E-state index contributed by atoms with van der Waals surface area (Å²) in [6.45, 7) is 8.93. The number of nitrogens with two attached hydrogens (primary N) is 1. The molecule has 0 aromatic heterocycles. The molecule has 0 aliphatic rings. The summed E-state index contributed by atoms with van der Waals surface area (Å²) in [5, 5.41) is 0. The van der Waals surface area contributed by atoms with Gasteiger partial charge in [-0.3, -0.25) is 0 Å². The Bertz CT molecular complexity index is 369. The fourth-order valence-electron chi connectivity index (χ4n) is 1.47. The van der Waals surface area contributed by atoms with Gasteiger partial charge >= 0.3 is 0 Å². The highest BCUT2D eigenvalue weighted by Gasteiger charge is 2.13. The van der Waals surface area contributed by atoms with Crippen molar-refractivity contribution in [2.75, 3.05) is 6.61 Å². The Balaban J connectivity index is 2.70. The van der Waals surface area contributed by atoms with Crippen LogP contribution in [-0.4, -0.2) is 6.61 Å². The molecule has 0 aliphatic heterocycles. The van der Waals surface area contributed by atoms with Gasteiger partial charge in [-0.1, -0.05) is 20.8 Å². The molecule has 2 nitrogen and oxygen atoms in total. The Morgan fingerprint density at radius 1 is 1.35 bits per heavy atom. The number of rotatable bonds is 4. The fourth-order valence-corrected chi connectivity index (χ4v) is 1.47. The van der Waals surface area contributed by atoms with Crippen molar-refractivity contribution >= 4 is 0 Å². The molecule has 1 aromatic rings. The van der Waals surface area contributed by atoms with E-state index >= 15 is 0 Å². The SMILES string of the molecule is C[C@H](N)c1cc(F)ccc1OCCC(C)(C)C. The molecule has 96 valence electrons. The molecular formula is C14H22FNO. The summed E-state index contributed by atoms with van der Waals surface area (Å²) in [5.74, 6) is 0.408. The molecule has 1 aromatic carbocycles. The summed E-state index contributed by atoms with van der Waals surface area (Å²) < 4.78 is 18.8. The highest BCUT2D eigenvalue weighted by atomic mass is 19.1. The van der Waals surface area contributed by atoms with Crippen molar-refractivity contribution in [3.63, 3.8) is 0 Å². The van der Waals surface area contributed by atoms with Gasteiger partial charge in [-0.15, -0.1) is 0 Å². The van der Waals surface area contributed by atoms with Crippen LogP contribution >= 0.6 is 0 Å². The minimum Gasteiger partial charge on any atom is -0.493 e. The molecule has 1 rings (SSSR count). The largest absolute Gasteiger partial charge is 0.493 e. The van der Waals surface area contributed by atoms with E-state index in [9.17, 15) is 4.39 Å². The fraction of sp³-hybridized carbons (Fsp3) is 0.571. The smallest absolute Gasteiger partial charge is 0.124 e. The number of hydrogen-bond acceptors (Lipinski definition) is 2. The number of halogens is 1. The van der Waals surface area contributed by atoms with Crippen LogP contribution in [-0.2, 0) is 0 Å². The Morgan fingerprint density at radius 2 is 2.00 bits per heavy atom. The van der Waals surface area contributed by atoms with Gasteiger partial charge < -0.3 is 10.5 Å². The van der Waals surface area contributed by atoms with Gasteiger partial charge in [0.1, 0.15) is 11.6 Å². The van der Waals surface area contributed by atoms with Crippen LogP contribution < -0.4 is 10.5 Å². The minimum absolute atomic E-state index is 0.227. The first-order valence-corrected chi connectivity index (χ1v) is 5.97. The first kappa shape index (κ1) is 14.0. The second kappa shape index (κ2) is 5.50. The average Bonchev–Trinajstić information content (AvgIpc) is 2.18. The third-order valence-electron chi connectivity index (χ3n) is 2.57. The molecule has 0 unspecified atom stereocenters. The molecule has 0 aliphatic carbocycles. The van der Waals surface area contributed by atoms with E-state index in [2.05, 4.69) is 20.8 Å². The summed E-state index contributed by atoms with van der Waals surface area (Å²) in [5.41, 5.74) is 6.75. The molecule has 17 heavy (non-hydrogen) atoms. The zero-order chi connectivity index (χ0) is 13.1. The maximum atomic E-state index is 13.1. The molecule has 0 amide bonds. The average molecular weight is 239 g/mol. The molecule has 0 heterocycles. The first-order chi connectivity index (χ1) is 7.79. The summed E-state index contributed by atoms with van der Waals surface area (Å²) >= 11 is 0. The maximum absolute atomic E-state index is 13.1. The van der Waals surface area contributed by atoms with Gasteiger partial charge in [0.05, 0.1) is 6.61 Å². The van der Waals surface area contributed by atoms with Crippen molar-refractivity contribution in [3.8, 4) is 5.75 Å². The van der Waals surface area contributed by atoms with Gasteiger partial charge in [0.25, 0.3) is 0 Å².